The van der Waals surface area contributed by atoms with Crippen LogP contribution in [0.3, 0.4) is 0 Å². The third-order valence-corrected chi connectivity index (χ3v) is 3.71. The Morgan fingerprint density at radius 2 is 1.54 bits per heavy atom. The lowest BCUT2D eigenvalue weighted by Crippen LogP contribution is -2.07. The number of rotatable bonds is 5. The van der Waals surface area contributed by atoms with E-state index in [1.807, 2.05) is 66.7 Å². The van der Waals surface area contributed by atoms with Crippen molar-refractivity contribution in [1.29, 1.82) is 5.26 Å². The van der Waals surface area contributed by atoms with Crippen molar-refractivity contribution >= 4 is 17.1 Å². The molecule has 0 fully saturated rings. The quantitative estimate of drug-likeness (QED) is 0.424. The van der Waals surface area contributed by atoms with Gasteiger partial charge >= 0.3 is 0 Å². The Bertz CT molecular complexity index is 952. The summed E-state index contributed by atoms with van der Waals surface area (Å²) >= 11 is 0. The molecule has 0 amide bonds. The molecule has 3 aromatic carbocycles. The predicted octanol–water partition coefficient (Wildman–Crippen LogP) is 4.33. The maximum absolute atomic E-state index is 11.3. The number of nitriles is 1. The summed E-state index contributed by atoms with van der Waals surface area (Å²) in [7, 11) is 0. The molecule has 0 aliphatic rings. The second kappa shape index (κ2) is 7.73. The molecule has 0 aromatic heterocycles. The van der Waals surface area contributed by atoms with Crippen LogP contribution in [0.2, 0.25) is 0 Å². The topological polar surface area (TPSA) is 91.3 Å². The lowest BCUT2D eigenvalue weighted by Gasteiger charge is -2.09. The van der Waals surface area contributed by atoms with Crippen molar-refractivity contribution in [2.45, 2.75) is 0 Å². The van der Waals surface area contributed by atoms with Crippen molar-refractivity contribution in [2.24, 2.45) is 5.10 Å². The molecule has 0 radical (unpaired) electrons. The van der Waals surface area contributed by atoms with Gasteiger partial charge in [0, 0.05) is 17.2 Å². The highest BCUT2D eigenvalue weighted by Crippen LogP contribution is 2.25. The number of nitrogens with zero attached hydrogens (tertiary/aromatic N) is 3. The molecule has 0 heterocycles. The minimum atomic E-state index is -0.538. The fourth-order valence-corrected chi connectivity index (χ4v) is 2.45. The summed E-state index contributed by atoms with van der Waals surface area (Å²) in [4.78, 5) is 10.7. The Balaban J connectivity index is 2.03. The normalized spacial score (nSPS) is 9.81. The van der Waals surface area contributed by atoms with Gasteiger partial charge in [0.25, 0.3) is 5.69 Å². The number of hydrogen-bond acceptors (Lipinski definition) is 5. The molecule has 0 saturated heterocycles. The molecule has 1 N–H and O–H groups in total. The molecular formula is C20H14N4O2. The van der Waals surface area contributed by atoms with E-state index in [1.54, 1.807) is 0 Å². The Morgan fingerprint density at radius 1 is 0.962 bits per heavy atom. The van der Waals surface area contributed by atoms with Crippen molar-refractivity contribution in [3.63, 3.8) is 0 Å². The summed E-state index contributed by atoms with van der Waals surface area (Å²) in [5.41, 5.74) is 5.43. The second-order valence-electron chi connectivity index (χ2n) is 5.41. The van der Waals surface area contributed by atoms with E-state index in [2.05, 4.69) is 10.5 Å². The maximum atomic E-state index is 11.3. The largest absolute Gasteiger partial charge is 0.295 e. The van der Waals surface area contributed by atoms with Gasteiger partial charge in [0.05, 0.1) is 22.3 Å². The van der Waals surface area contributed by atoms with Gasteiger partial charge in [-0.3, -0.25) is 15.5 Å². The molecular weight excluding hydrogens is 328 g/mol. The van der Waals surface area contributed by atoms with Crippen LogP contribution in [0.15, 0.2) is 84.0 Å². The number of nitrogens with one attached hydrogen (secondary N) is 1. The van der Waals surface area contributed by atoms with Gasteiger partial charge in [-0.2, -0.15) is 10.4 Å². The highest BCUT2D eigenvalue weighted by atomic mass is 16.6. The van der Waals surface area contributed by atoms with Crippen LogP contribution in [0.5, 0.6) is 0 Å². The van der Waals surface area contributed by atoms with Gasteiger partial charge in [0.1, 0.15) is 5.69 Å². The summed E-state index contributed by atoms with van der Waals surface area (Å²) in [6.07, 6.45) is 0. The number of hydrogen-bond donors (Lipinski definition) is 1. The van der Waals surface area contributed by atoms with Gasteiger partial charge in [0.15, 0.2) is 0 Å². The highest BCUT2D eigenvalue weighted by molar-refractivity contribution is 6.13. The van der Waals surface area contributed by atoms with Crippen molar-refractivity contribution in [3.8, 4) is 6.07 Å². The fourth-order valence-electron chi connectivity index (χ4n) is 2.45. The van der Waals surface area contributed by atoms with Crippen LogP contribution in [-0.4, -0.2) is 10.6 Å². The third kappa shape index (κ3) is 3.74. The molecule has 126 valence electrons. The molecule has 0 saturated carbocycles. The first kappa shape index (κ1) is 16.9. The van der Waals surface area contributed by atoms with E-state index in [1.165, 1.54) is 18.2 Å². The molecule has 0 spiro atoms. The Kier molecular flexibility index (Phi) is 5.01. The first-order valence-electron chi connectivity index (χ1n) is 7.82. The smallest absolute Gasteiger partial charge is 0.271 e. The van der Waals surface area contributed by atoms with Gasteiger partial charge in [-0.05, 0) is 12.1 Å². The third-order valence-electron chi connectivity index (χ3n) is 3.71. The van der Waals surface area contributed by atoms with Crippen molar-refractivity contribution in [2.75, 3.05) is 5.43 Å². The van der Waals surface area contributed by atoms with Gasteiger partial charge in [-0.1, -0.05) is 60.7 Å². The Labute approximate surface area is 150 Å². The molecule has 3 rings (SSSR count). The zero-order chi connectivity index (χ0) is 18.4. The van der Waals surface area contributed by atoms with Crippen molar-refractivity contribution < 1.29 is 4.92 Å². The number of nitro groups is 1. The van der Waals surface area contributed by atoms with Gasteiger partial charge in [-0.15, -0.1) is 0 Å². The number of nitro benzene ring substituents is 1. The van der Waals surface area contributed by atoms with Crippen LogP contribution in [0.4, 0.5) is 11.4 Å². The summed E-state index contributed by atoms with van der Waals surface area (Å²) in [5.74, 6) is 0. The van der Waals surface area contributed by atoms with E-state index < -0.39 is 4.92 Å². The second-order valence-corrected chi connectivity index (χ2v) is 5.41. The highest BCUT2D eigenvalue weighted by Gasteiger charge is 2.15. The molecule has 0 aliphatic heterocycles. The first-order valence-corrected chi connectivity index (χ1v) is 7.82. The number of benzene rings is 3. The minimum absolute atomic E-state index is 0.201. The Hall–Kier alpha value is -3.98. The molecule has 0 aliphatic carbocycles. The van der Waals surface area contributed by atoms with Crippen LogP contribution in [-0.2, 0) is 0 Å². The molecule has 26 heavy (non-hydrogen) atoms. The summed E-state index contributed by atoms with van der Waals surface area (Å²) < 4.78 is 0. The van der Waals surface area contributed by atoms with Crippen molar-refractivity contribution in [3.05, 3.63) is 106 Å². The molecule has 6 heteroatoms. The van der Waals surface area contributed by atoms with Crippen LogP contribution in [0.1, 0.15) is 16.7 Å². The predicted molar refractivity (Wildman–Crippen MR) is 100.0 cm³/mol. The monoisotopic (exact) mass is 342 g/mol. The number of anilines is 1. The van der Waals surface area contributed by atoms with Gasteiger partial charge in [-0.25, -0.2) is 0 Å². The van der Waals surface area contributed by atoms with Gasteiger partial charge in [0.2, 0.25) is 0 Å². The molecule has 0 bridgehead atoms. The van der Waals surface area contributed by atoms with E-state index in [4.69, 9.17) is 5.26 Å². The van der Waals surface area contributed by atoms with E-state index in [0.29, 0.717) is 5.71 Å². The average molecular weight is 342 g/mol. The standard InChI is InChI=1S/C20H14N4O2/c21-14-15-11-12-18(19(13-15)24(25)26)22-23-20(16-7-3-1-4-8-16)17-9-5-2-6-10-17/h1-13,22H. The lowest BCUT2D eigenvalue weighted by molar-refractivity contribution is -0.384. The van der Waals surface area contributed by atoms with Crippen LogP contribution in [0.25, 0.3) is 0 Å². The summed E-state index contributed by atoms with van der Waals surface area (Å²) in [6.45, 7) is 0. The average Bonchev–Trinajstić information content (AvgIpc) is 2.69. The van der Waals surface area contributed by atoms with E-state index >= 15 is 0 Å². The zero-order valence-electron chi connectivity index (χ0n) is 13.7. The van der Waals surface area contributed by atoms with E-state index in [0.717, 1.165) is 11.1 Å². The zero-order valence-corrected chi connectivity index (χ0v) is 13.7. The minimum Gasteiger partial charge on any atom is -0.271 e. The SMILES string of the molecule is N#Cc1ccc(NN=C(c2ccccc2)c2ccccc2)c([N+](=O)[O-])c1. The van der Waals surface area contributed by atoms with E-state index in [9.17, 15) is 10.1 Å². The van der Waals surface area contributed by atoms with Crippen LogP contribution >= 0.6 is 0 Å². The molecule has 0 unspecified atom stereocenters. The van der Waals surface area contributed by atoms with Crippen LogP contribution < -0.4 is 5.43 Å². The van der Waals surface area contributed by atoms with E-state index in [-0.39, 0.29) is 16.9 Å². The lowest BCUT2D eigenvalue weighted by atomic mass is 10.0. The van der Waals surface area contributed by atoms with Crippen LogP contribution in [0, 0.1) is 21.4 Å². The fraction of sp³-hybridized carbons (Fsp3) is 0. The number of hydrazone groups is 1. The molecule has 6 nitrogen and oxygen atoms in total. The maximum Gasteiger partial charge on any atom is 0.295 e. The van der Waals surface area contributed by atoms with Crippen molar-refractivity contribution in [1.82, 2.24) is 0 Å². The van der Waals surface area contributed by atoms with Gasteiger partial charge < -0.3 is 0 Å². The molecule has 3 aromatic rings. The molecule has 0 atom stereocenters. The Morgan fingerprint density at radius 3 is 2.04 bits per heavy atom. The summed E-state index contributed by atoms with van der Waals surface area (Å²) in [5, 5.41) is 24.6. The first-order chi connectivity index (χ1) is 12.7. The summed E-state index contributed by atoms with van der Waals surface area (Å²) in [6, 6.07) is 25.2.